The zero-order valence-electron chi connectivity index (χ0n) is 30.3. The number of aromatic nitrogens is 5. The number of thioether (sulfide) groups is 1. The lowest BCUT2D eigenvalue weighted by Crippen LogP contribution is -2.21. The third-order valence-electron chi connectivity index (χ3n) is 8.16. The van der Waals surface area contributed by atoms with Gasteiger partial charge < -0.3 is 26.2 Å². The Morgan fingerprint density at radius 3 is 2.09 bits per heavy atom. The van der Waals surface area contributed by atoms with Crippen molar-refractivity contribution in [1.82, 2.24) is 24.3 Å². The summed E-state index contributed by atoms with van der Waals surface area (Å²) in [7, 11) is -4.39. The highest BCUT2D eigenvalue weighted by molar-refractivity contribution is 7.99. The number of anilines is 7. The molecule has 280 valence electrons. The molecule has 0 saturated carbocycles. The summed E-state index contributed by atoms with van der Waals surface area (Å²) in [6, 6.07) is 17.4. The molecule has 15 nitrogen and oxygen atoms in total. The van der Waals surface area contributed by atoms with Gasteiger partial charge in [0.05, 0.1) is 22.0 Å². The zero-order valence-corrected chi connectivity index (χ0v) is 32.8. The summed E-state index contributed by atoms with van der Waals surface area (Å²) in [6.45, 7) is 13.9. The molecule has 5 N–H and O–H groups in total. The molecule has 5 aromatic rings. The Hall–Kier alpha value is -4.91. The molecule has 0 fully saturated rings. The molecular formula is C35H44N12O3S3. The molecule has 0 aliphatic carbocycles. The summed E-state index contributed by atoms with van der Waals surface area (Å²) in [4.78, 5) is 22.8. The van der Waals surface area contributed by atoms with Gasteiger partial charge in [0.2, 0.25) is 17.0 Å². The Labute approximate surface area is 318 Å². The van der Waals surface area contributed by atoms with Crippen LogP contribution >= 0.6 is 23.3 Å². The van der Waals surface area contributed by atoms with Crippen LogP contribution in [0.15, 0.2) is 80.9 Å². The van der Waals surface area contributed by atoms with Gasteiger partial charge in [0.25, 0.3) is 10.1 Å². The number of nitrogens with one attached hydrogen (secondary N) is 2. The minimum absolute atomic E-state index is 0.252. The molecule has 53 heavy (non-hydrogen) atoms. The standard InChI is InChI=1S/C35H44N12O3S3/c1-6-11-19-51-34-41-32(37-29-21-24(15-17-27(29)36)46(7-2)8-3)40-33(42-34)38-30-22-25(47(9-4)10-5)16-18-28(30)43-44-35-39-31(45-52-35)23-13-12-14-26(20-23)53(48,49)50/h12-18,20-22H,6-11,19,36H2,1-5H3,(H,48,49,50)(H2,37,38,40,41,42). The van der Waals surface area contributed by atoms with E-state index in [9.17, 15) is 13.0 Å². The summed E-state index contributed by atoms with van der Waals surface area (Å²) >= 11 is 2.55. The van der Waals surface area contributed by atoms with Crippen molar-refractivity contribution in [2.45, 2.75) is 57.5 Å². The molecule has 18 heteroatoms. The van der Waals surface area contributed by atoms with Crippen LogP contribution in [0.5, 0.6) is 0 Å². The minimum Gasteiger partial charge on any atom is -0.397 e. The van der Waals surface area contributed by atoms with Crippen molar-refractivity contribution >= 4 is 84.6 Å². The second-order valence-corrected chi connectivity index (χ2v) is 14.9. The van der Waals surface area contributed by atoms with Gasteiger partial charge >= 0.3 is 0 Å². The van der Waals surface area contributed by atoms with Crippen LogP contribution in [0.4, 0.5) is 51.2 Å². The molecule has 0 aliphatic heterocycles. The van der Waals surface area contributed by atoms with Crippen LogP contribution in [-0.2, 0) is 10.1 Å². The van der Waals surface area contributed by atoms with E-state index in [2.05, 4.69) is 74.6 Å². The summed E-state index contributed by atoms with van der Waals surface area (Å²) in [6.07, 6.45) is 2.05. The van der Waals surface area contributed by atoms with Crippen LogP contribution in [0.1, 0.15) is 47.5 Å². The Balaban J connectivity index is 1.49. The van der Waals surface area contributed by atoms with Gasteiger partial charge in [-0.3, -0.25) is 4.55 Å². The predicted molar refractivity (Wildman–Crippen MR) is 216 cm³/mol. The first-order valence-corrected chi connectivity index (χ1v) is 20.5. The smallest absolute Gasteiger partial charge is 0.294 e. The SMILES string of the molecule is CCCCSc1nc(Nc2cc(N(CC)CC)ccc2N)nc(Nc2cc(N(CC)CC)ccc2N=Nc2nc(-c3cccc(S(=O)(=O)O)c3)ns2)n1. The molecule has 2 heterocycles. The molecular weight excluding hydrogens is 733 g/mol. The van der Waals surface area contributed by atoms with E-state index >= 15 is 0 Å². The average molecular weight is 777 g/mol. The number of nitrogen functional groups attached to an aromatic ring is 1. The number of hydrogen-bond donors (Lipinski definition) is 4. The van der Waals surface area contributed by atoms with E-state index in [1.807, 2.05) is 36.4 Å². The Kier molecular flexibility index (Phi) is 13.5. The number of rotatable bonds is 18. The summed E-state index contributed by atoms with van der Waals surface area (Å²) in [5, 5.41) is 16.4. The van der Waals surface area contributed by atoms with E-state index in [0.717, 1.165) is 67.7 Å². The van der Waals surface area contributed by atoms with Crippen LogP contribution in [0.2, 0.25) is 0 Å². The molecule has 0 amide bonds. The van der Waals surface area contributed by atoms with E-state index in [1.165, 1.54) is 18.2 Å². The van der Waals surface area contributed by atoms with E-state index in [-0.39, 0.29) is 15.9 Å². The van der Waals surface area contributed by atoms with Crippen molar-refractivity contribution in [2.24, 2.45) is 10.2 Å². The number of nitrogens with two attached hydrogens (primary N) is 1. The summed E-state index contributed by atoms with van der Waals surface area (Å²) in [5.41, 5.74) is 11.2. The quantitative estimate of drug-likeness (QED) is 0.0216. The van der Waals surface area contributed by atoms with Crippen molar-refractivity contribution in [1.29, 1.82) is 0 Å². The van der Waals surface area contributed by atoms with Crippen LogP contribution in [0.3, 0.4) is 0 Å². The van der Waals surface area contributed by atoms with Crippen molar-refractivity contribution in [3.63, 3.8) is 0 Å². The van der Waals surface area contributed by atoms with Crippen LogP contribution in [0.25, 0.3) is 11.4 Å². The number of unbranched alkanes of at least 4 members (excludes halogenated alkanes) is 1. The van der Waals surface area contributed by atoms with E-state index < -0.39 is 10.1 Å². The van der Waals surface area contributed by atoms with E-state index in [0.29, 0.717) is 45.4 Å². The first kappa shape index (κ1) is 39.3. The van der Waals surface area contributed by atoms with Gasteiger partial charge in [-0.15, -0.1) is 10.2 Å². The lowest BCUT2D eigenvalue weighted by molar-refractivity contribution is 0.483. The third-order valence-corrected chi connectivity index (χ3v) is 10.5. The van der Waals surface area contributed by atoms with Crippen LogP contribution < -0.4 is 26.2 Å². The first-order chi connectivity index (χ1) is 25.5. The maximum Gasteiger partial charge on any atom is 0.294 e. The molecule has 0 radical (unpaired) electrons. The van der Waals surface area contributed by atoms with Gasteiger partial charge in [-0.25, -0.2) is 0 Å². The lowest BCUT2D eigenvalue weighted by Gasteiger charge is -2.22. The molecule has 0 aliphatic rings. The van der Waals surface area contributed by atoms with Gasteiger partial charge in [-0.1, -0.05) is 37.2 Å². The second-order valence-electron chi connectivity index (χ2n) is 11.6. The largest absolute Gasteiger partial charge is 0.397 e. The van der Waals surface area contributed by atoms with Crippen LogP contribution in [-0.4, -0.2) is 69.2 Å². The van der Waals surface area contributed by atoms with Gasteiger partial charge in [0, 0.05) is 60.4 Å². The third kappa shape index (κ3) is 10.4. The molecule has 0 spiro atoms. The normalized spacial score (nSPS) is 11.6. The number of azo groups is 1. The zero-order chi connectivity index (χ0) is 38.0. The van der Waals surface area contributed by atoms with Gasteiger partial charge in [-0.05, 0) is 82.6 Å². The summed E-state index contributed by atoms with van der Waals surface area (Å²) in [5.74, 6) is 1.75. The monoisotopic (exact) mass is 776 g/mol. The topological polar surface area (TPSA) is 200 Å². The molecule has 0 saturated heterocycles. The Bertz CT molecular complexity index is 2140. The number of nitrogens with zero attached hydrogens (tertiary/aromatic N) is 9. The fourth-order valence-corrected chi connectivity index (χ4v) is 7.25. The van der Waals surface area contributed by atoms with Crippen molar-refractivity contribution < 1.29 is 13.0 Å². The maximum absolute atomic E-state index is 11.6. The molecule has 5 rings (SSSR count). The average Bonchev–Trinajstić information content (AvgIpc) is 3.63. The molecule has 0 atom stereocenters. The number of benzene rings is 3. The molecule has 2 aromatic heterocycles. The second kappa shape index (κ2) is 18.2. The van der Waals surface area contributed by atoms with Gasteiger partial charge in [0.15, 0.2) is 11.0 Å². The van der Waals surface area contributed by atoms with Crippen molar-refractivity contribution in [3.8, 4) is 11.4 Å². The number of hydrogen-bond acceptors (Lipinski definition) is 16. The lowest BCUT2D eigenvalue weighted by atomic mass is 10.2. The fourth-order valence-electron chi connectivity index (χ4n) is 5.28. The van der Waals surface area contributed by atoms with Gasteiger partial charge in [0.1, 0.15) is 5.69 Å². The molecule has 0 bridgehead atoms. The fraction of sp³-hybridized carbons (Fsp3) is 0.343. The Morgan fingerprint density at radius 2 is 1.45 bits per heavy atom. The Morgan fingerprint density at radius 1 is 0.811 bits per heavy atom. The highest BCUT2D eigenvalue weighted by Crippen LogP contribution is 2.35. The minimum atomic E-state index is -4.39. The maximum atomic E-state index is 11.6. The van der Waals surface area contributed by atoms with E-state index in [4.69, 9.17) is 20.7 Å². The van der Waals surface area contributed by atoms with Crippen LogP contribution in [0, 0.1) is 0 Å². The van der Waals surface area contributed by atoms with Gasteiger partial charge in [-0.2, -0.15) is 32.7 Å². The van der Waals surface area contributed by atoms with Crippen molar-refractivity contribution in [2.75, 3.05) is 58.1 Å². The summed E-state index contributed by atoms with van der Waals surface area (Å²) < 4.78 is 37.1. The highest BCUT2D eigenvalue weighted by Gasteiger charge is 2.16. The molecule has 0 unspecified atom stereocenters. The van der Waals surface area contributed by atoms with Crippen molar-refractivity contribution in [3.05, 3.63) is 60.7 Å². The predicted octanol–water partition coefficient (Wildman–Crippen LogP) is 8.71. The highest BCUT2D eigenvalue weighted by atomic mass is 32.2. The molecule has 3 aromatic carbocycles. The van der Waals surface area contributed by atoms with E-state index in [1.54, 1.807) is 17.8 Å². The first-order valence-electron chi connectivity index (χ1n) is 17.3.